The number of carboxylic acid groups (broad SMARTS) is 1. The average molecular weight is 489 g/mol. The smallest absolute Gasteiger partial charge is 0.480 e. The number of carboxylic acids is 1. The lowest BCUT2D eigenvalue weighted by Gasteiger charge is -2.20. The second kappa shape index (κ2) is 11.5. The van der Waals surface area contributed by atoms with Gasteiger partial charge in [0.1, 0.15) is 16.8 Å². The molecule has 2 unspecified atom stereocenters. The molecule has 2 rings (SSSR count). The number of carbonyl (C=O) groups is 3. The SMILES string of the molecule is C/C=C(\C=C/C(C)C(=O)c1cc(CC)sc1NC(=O)CN1CCCC1C(=O)O)OC(F)(F)F. The van der Waals surface area contributed by atoms with E-state index in [2.05, 4.69) is 10.1 Å². The van der Waals surface area contributed by atoms with Gasteiger partial charge in [0.25, 0.3) is 0 Å². The molecule has 1 aromatic rings. The van der Waals surface area contributed by atoms with E-state index in [1.165, 1.54) is 31.3 Å². The van der Waals surface area contributed by atoms with Crippen molar-refractivity contribution in [2.45, 2.75) is 52.4 Å². The van der Waals surface area contributed by atoms with Gasteiger partial charge in [-0.25, -0.2) is 0 Å². The number of aliphatic carboxylic acids is 1. The van der Waals surface area contributed by atoms with Gasteiger partial charge in [-0.1, -0.05) is 19.9 Å². The lowest BCUT2D eigenvalue weighted by Crippen LogP contribution is -2.40. The van der Waals surface area contributed by atoms with Crippen LogP contribution in [-0.2, 0) is 20.7 Å². The van der Waals surface area contributed by atoms with Gasteiger partial charge in [-0.3, -0.25) is 19.3 Å². The Labute approximate surface area is 193 Å². The zero-order valence-corrected chi connectivity index (χ0v) is 19.4. The van der Waals surface area contributed by atoms with Crippen molar-refractivity contribution < 1.29 is 37.4 Å². The maximum absolute atomic E-state index is 13.0. The molecule has 182 valence electrons. The number of ether oxygens (including phenoxy) is 1. The molecule has 11 heteroatoms. The van der Waals surface area contributed by atoms with Crippen LogP contribution in [-0.4, -0.2) is 53.2 Å². The highest BCUT2D eigenvalue weighted by molar-refractivity contribution is 7.16. The molecule has 0 spiro atoms. The zero-order valence-electron chi connectivity index (χ0n) is 18.6. The first-order valence-electron chi connectivity index (χ1n) is 10.5. The number of alkyl halides is 3. The summed E-state index contributed by atoms with van der Waals surface area (Å²) in [6, 6.07) is 0.947. The van der Waals surface area contributed by atoms with Crippen LogP contribution in [0.15, 0.2) is 30.1 Å². The highest BCUT2D eigenvalue weighted by atomic mass is 32.1. The summed E-state index contributed by atoms with van der Waals surface area (Å²) in [4.78, 5) is 39.3. The molecule has 2 N–H and O–H groups in total. The Hall–Kier alpha value is -2.66. The van der Waals surface area contributed by atoms with Crippen LogP contribution in [0.5, 0.6) is 0 Å². The quantitative estimate of drug-likeness (QED) is 0.284. The van der Waals surface area contributed by atoms with Gasteiger partial charge in [0, 0.05) is 10.8 Å². The maximum Gasteiger partial charge on any atom is 0.573 e. The number of Topliss-reactive ketones (excluding diaryl/α,β-unsaturated/α-hetero) is 1. The monoisotopic (exact) mass is 488 g/mol. The van der Waals surface area contributed by atoms with Gasteiger partial charge in [0.2, 0.25) is 5.91 Å². The number of hydrogen-bond donors (Lipinski definition) is 2. The van der Waals surface area contributed by atoms with Crippen molar-refractivity contribution in [3.8, 4) is 0 Å². The van der Waals surface area contributed by atoms with Crippen LogP contribution in [0.4, 0.5) is 18.2 Å². The van der Waals surface area contributed by atoms with Crippen molar-refractivity contribution in [2.75, 3.05) is 18.4 Å². The third kappa shape index (κ3) is 7.71. The van der Waals surface area contributed by atoms with Crippen LogP contribution in [0.1, 0.15) is 48.8 Å². The minimum Gasteiger partial charge on any atom is -0.480 e. The number of hydrogen-bond acceptors (Lipinski definition) is 6. The molecule has 0 aromatic carbocycles. The Balaban J connectivity index is 2.13. The molecular weight excluding hydrogens is 461 g/mol. The Bertz CT molecular complexity index is 939. The summed E-state index contributed by atoms with van der Waals surface area (Å²) in [5, 5.41) is 12.3. The molecule has 0 saturated carbocycles. The molecule has 0 radical (unpaired) electrons. The van der Waals surface area contributed by atoms with Crippen molar-refractivity contribution in [3.63, 3.8) is 0 Å². The van der Waals surface area contributed by atoms with Gasteiger partial charge in [0.05, 0.1) is 12.1 Å². The Kier molecular flexibility index (Phi) is 9.24. The third-order valence-corrected chi connectivity index (χ3v) is 6.32. The molecule has 1 fully saturated rings. The number of amides is 1. The molecule has 2 atom stereocenters. The van der Waals surface area contributed by atoms with Crippen LogP contribution < -0.4 is 5.32 Å². The van der Waals surface area contributed by atoms with Crippen LogP contribution >= 0.6 is 11.3 Å². The van der Waals surface area contributed by atoms with Crippen molar-refractivity contribution in [1.29, 1.82) is 0 Å². The number of anilines is 1. The number of aryl methyl sites for hydroxylation is 1. The van der Waals surface area contributed by atoms with E-state index in [9.17, 15) is 32.7 Å². The first-order chi connectivity index (χ1) is 15.4. The van der Waals surface area contributed by atoms with E-state index >= 15 is 0 Å². The first-order valence-corrected chi connectivity index (χ1v) is 11.3. The van der Waals surface area contributed by atoms with E-state index in [-0.39, 0.29) is 17.9 Å². The van der Waals surface area contributed by atoms with Crippen LogP contribution in [0.25, 0.3) is 0 Å². The number of ketones is 1. The summed E-state index contributed by atoms with van der Waals surface area (Å²) in [5.74, 6) is -2.99. The predicted octanol–water partition coefficient (Wildman–Crippen LogP) is 4.61. The van der Waals surface area contributed by atoms with Crippen LogP contribution in [0.3, 0.4) is 0 Å². The van der Waals surface area contributed by atoms with Crippen LogP contribution in [0, 0.1) is 5.92 Å². The molecule has 1 amide bonds. The topological polar surface area (TPSA) is 95.9 Å². The van der Waals surface area contributed by atoms with Crippen LogP contribution in [0.2, 0.25) is 0 Å². The molecule has 0 aliphatic carbocycles. The number of thiophene rings is 1. The molecule has 7 nitrogen and oxygen atoms in total. The summed E-state index contributed by atoms with van der Waals surface area (Å²) in [5.41, 5.74) is 0.261. The summed E-state index contributed by atoms with van der Waals surface area (Å²) in [6.07, 6.45) is 0.469. The Morgan fingerprint density at radius 1 is 1.39 bits per heavy atom. The summed E-state index contributed by atoms with van der Waals surface area (Å²) in [6.45, 7) is 5.20. The van der Waals surface area contributed by atoms with Gasteiger partial charge in [0.15, 0.2) is 5.78 Å². The summed E-state index contributed by atoms with van der Waals surface area (Å²) >= 11 is 1.24. The highest BCUT2D eigenvalue weighted by Gasteiger charge is 2.33. The standard InChI is InChI=1S/C22H27F3N2O5S/c1-4-14(32-22(23,24)25)9-8-13(3)19(29)16-11-15(5-2)33-20(16)26-18(28)12-27-10-6-7-17(27)21(30)31/h4,8-9,11,13,17H,5-7,10,12H2,1-3H3,(H,26,28)(H,30,31)/b9-8-,14-4+. The molecule has 1 aliphatic heterocycles. The van der Waals surface area contributed by atoms with Gasteiger partial charge in [-0.05, 0) is 50.9 Å². The number of halogens is 3. The van der Waals surface area contributed by atoms with Crippen molar-refractivity contribution in [1.82, 2.24) is 4.90 Å². The summed E-state index contributed by atoms with van der Waals surface area (Å²) in [7, 11) is 0. The second-order valence-corrected chi connectivity index (χ2v) is 8.71. The molecule has 33 heavy (non-hydrogen) atoms. The normalized spacial score (nSPS) is 18.5. The minimum atomic E-state index is -4.84. The molecule has 1 saturated heterocycles. The fourth-order valence-corrected chi connectivity index (χ4v) is 4.45. The third-order valence-electron chi connectivity index (χ3n) is 5.13. The molecular formula is C22H27F3N2O5S. The number of nitrogens with zero attached hydrogens (tertiary/aromatic N) is 1. The van der Waals surface area contributed by atoms with Gasteiger partial charge in [-0.15, -0.1) is 24.5 Å². The lowest BCUT2D eigenvalue weighted by atomic mass is 10.00. The average Bonchev–Trinajstić information content (AvgIpc) is 3.36. The van der Waals surface area contributed by atoms with Crippen molar-refractivity contribution in [2.24, 2.45) is 5.92 Å². The fraction of sp³-hybridized carbons (Fsp3) is 0.500. The fourth-order valence-electron chi connectivity index (χ4n) is 3.43. The van der Waals surface area contributed by atoms with Crippen molar-refractivity contribution in [3.05, 3.63) is 40.5 Å². The minimum absolute atomic E-state index is 0.112. The first kappa shape index (κ1) is 26.6. The number of nitrogens with one attached hydrogen (secondary N) is 1. The van der Waals surface area contributed by atoms with E-state index in [4.69, 9.17) is 0 Å². The van der Waals surface area contributed by atoms with Gasteiger partial charge >= 0.3 is 12.3 Å². The molecule has 2 heterocycles. The predicted molar refractivity (Wildman–Crippen MR) is 118 cm³/mol. The van der Waals surface area contributed by atoms with Crippen molar-refractivity contribution >= 4 is 34.0 Å². The molecule has 1 aliphatic rings. The zero-order chi connectivity index (χ0) is 24.8. The largest absolute Gasteiger partial charge is 0.573 e. The second-order valence-electron chi connectivity index (χ2n) is 7.57. The van der Waals surface area contributed by atoms with Gasteiger partial charge < -0.3 is 15.2 Å². The Morgan fingerprint density at radius 2 is 2.09 bits per heavy atom. The van der Waals surface area contributed by atoms with E-state index in [0.717, 1.165) is 17.0 Å². The Morgan fingerprint density at radius 3 is 2.67 bits per heavy atom. The molecule has 1 aromatic heterocycles. The number of allylic oxidation sites excluding steroid dienone is 3. The maximum atomic E-state index is 13.0. The van der Waals surface area contributed by atoms with E-state index in [1.807, 2.05) is 6.92 Å². The number of likely N-dealkylation sites (tertiary alicyclic amines) is 1. The summed E-state index contributed by atoms with van der Waals surface area (Å²) < 4.78 is 41.2. The van der Waals surface area contributed by atoms with Gasteiger partial charge in [-0.2, -0.15) is 0 Å². The van der Waals surface area contributed by atoms with E-state index in [0.29, 0.717) is 30.8 Å². The van der Waals surface area contributed by atoms with E-state index < -0.39 is 36.0 Å². The van der Waals surface area contributed by atoms with E-state index in [1.54, 1.807) is 11.0 Å². The lowest BCUT2D eigenvalue weighted by molar-refractivity contribution is -0.303. The highest BCUT2D eigenvalue weighted by Crippen LogP contribution is 2.31. The number of rotatable bonds is 10. The number of carbonyl (C=O) groups excluding carboxylic acids is 2. The molecule has 0 bridgehead atoms.